The van der Waals surface area contributed by atoms with Gasteiger partial charge in [0.15, 0.2) is 11.5 Å². The van der Waals surface area contributed by atoms with Crippen LogP contribution in [0.4, 0.5) is 0 Å². The minimum Gasteiger partial charge on any atom is -0.504 e. The van der Waals surface area contributed by atoms with Crippen molar-refractivity contribution < 1.29 is 19.7 Å². The molecule has 0 amide bonds. The Kier molecular flexibility index (Phi) is 9.39. The van der Waals surface area contributed by atoms with Gasteiger partial charge in [0.2, 0.25) is 0 Å². The van der Waals surface area contributed by atoms with Gasteiger partial charge in [0.05, 0.1) is 25.0 Å². The summed E-state index contributed by atoms with van der Waals surface area (Å²) in [6.45, 7) is 2.96. The number of nitrogens with one attached hydrogen (secondary N) is 1. The molecule has 0 radical (unpaired) electrons. The first kappa shape index (κ1) is 31.6. The van der Waals surface area contributed by atoms with Gasteiger partial charge in [-0.25, -0.2) is 0 Å². The lowest BCUT2D eigenvalue weighted by Crippen LogP contribution is -2.39. The second kappa shape index (κ2) is 14.0. The van der Waals surface area contributed by atoms with Crippen molar-refractivity contribution in [2.45, 2.75) is 89.7 Å². The molecule has 3 aliphatic heterocycles. The predicted molar refractivity (Wildman–Crippen MR) is 187 cm³/mol. The van der Waals surface area contributed by atoms with Gasteiger partial charge in [-0.3, -0.25) is 0 Å². The van der Waals surface area contributed by atoms with E-state index in [2.05, 4.69) is 71.7 Å². The highest BCUT2D eigenvalue weighted by Crippen LogP contribution is 2.41. The van der Waals surface area contributed by atoms with E-state index in [0.29, 0.717) is 25.4 Å². The molecule has 3 aromatic carbocycles. The third-order valence-electron chi connectivity index (χ3n) is 10.1. The molecule has 7 heteroatoms. The molecule has 1 aliphatic carbocycles. The average molecular weight is 634 g/mol. The molecule has 1 aromatic heterocycles. The number of aromatic nitrogens is 1. The summed E-state index contributed by atoms with van der Waals surface area (Å²) in [5.41, 5.74) is 13.1. The van der Waals surface area contributed by atoms with E-state index < -0.39 is 6.10 Å². The third-order valence-corrected chi connectivity index (χ3v) is 10.1. The number of rotatable bonds is 6. The quantitative estimate of drug-likeness (QED) is 0.171. The molecule has 1 unspecified atom stereocenters. The van der Waals surface area contributed by atoms with Crippen molar-refractivity contribution in [1.82, 2.24) is 9.88 Å². The number of unbranched alkanes of at least 4 members (excludes halogenated alkanes) is 2. The van der Waals surface area contributed by atoms with Crippen LogP contribution in [0.2, 0.25) is 0 Å². The molecule has 0 saturated heterocycles. The van der Waals surface area contributed by atoms with Gasteiger partial charge in [-0.1, -0.05) is 74.7 Å². The van der Waals surface area contributed by atoms with E-state index in [4.69, 9.17) is 15.2 Å². The van der Waals surface area contributed by atoms with E-state index in [9.17, 15) is 10.2 Å². The molecule has 8 rings (SSSR count). The number of hydrogen-bond donors (Lipinski definition) is 4. The van der Waals surface area contributed by atoms with E-state index in [1.54, 1.807) is 6.07 Å². The van der Waals surface area contributed by atoms with E-state index >= 15 is 0 Å². The largest absolute Gasteiger partial charge is 0.504 e. The number of aliphatic hydroxyl groups is 1. The van der Waals surface area contributed by atoms with Gasteiger partial charge >= 0.3 is 0 Å². The summed E-state index contributed by atoms with van der Waals surface area (Å²) in [6.07, 6.45) is 15.5. The zero-order valence-corrected chi connectivity index (χ0v) is 27.3. The number of hydrogen-bond acceptors (Lipinski definition) is 6. The Morgan fingerprint density at radius 1 is 1.00 bits per heavy atom. The van der Waals surface area contributed by atoms with Crippen molar-refractivity contribution in [2.75, 3.05) is 6.61 Å². The highest BCUT2D eigenvalue weighted by atomic mass is 16.5. The summed E-state index contributed by atoms with van der Waals surface area (Å²) in [6, 6.07) is 18.7. The first-order valence-corrected chi connectivity index (χ1v) is 17.3. The van der Waals surface area contributed by atoms with Gasteiger partial charge < -0.3 is 35.3 Å². The number of phenolic OH excluding ortho intramolecular Hbond substituents is 1. The summed E-state index contributed by atoms with van der Waals surface area (Å²) in [5, 5.41) is 28.2. The molecule has 4 aromatic rings. The maximum absolute atomic E-state index is 11.5. The zero-order chi connectivity index (χ0) is 32.3. The minimum atomic E-state index is -0.471. The van der Waals surface area contributed by atoms with E-state index in [0.717, 1.165) is 90.2 Å². The molecular weight excluding hydrogens is 586 g/mol. The minimum absolute atomic E-state index is 0.0517. The lowest BCUT2D eigenvalue weighted by atomic mass is 9.79. The van der Waals surface area contributed by atoms with Crippen LogP contribution in [0.15, 0.2) is 84.7 Å². The molecule has 47 heavy (non-hydrogen) atoms. The molecule has 0 saturated carbocycles. The molecule has 7 nitrogen and oxygen atoms in total. The summed E-state index contributed by atoms with van der Waals surface area (Å²) in [5.74, 6) is 1.75. The van der Waals surface area contributed by atoms with E-state index in [1.165, 1.54) is 11.1 Å². The van der Waals surface area contributed by atoms with Crippen molar-refractivity contribution in [3.63, 3.8) is 0 Å². The number of aliphatic hydroxyl groups excluding tert-OH is 1. The average Bonchev–Trinajstić information content (AvgIpc) is 3.51. The lowest BCUT2D eigenvalue weighted by Gasteiger charge is -2.32. The lowest BCUT2D eigenvalue weighted by molar-refractivity contribution is -0.00190. The van der Waals surface area contributed by atoms with Crippen LogP contribution >= 0.6 is 0 Å². The zero-order valence-electron chi connectivity index (χ0n) is 27.3. The maximum atomic E-state index is 11.5. The van der Waals surface area contributed by atoms with Gasteiger partial charge in [0, 0.05) is 34.3 Å². The molecule has 6 bridgehead atoms. The second-order valence-electron chi connectivity index (χ2n) is 13.6. The van der Waals surface area contributed by atoms with Crippen LogP contribution in [-0.4, -0.2) is 39.8 Å². The molecular formula is C40H47N3O4. The second-order valence-corrected chi connectivity index (χ2v) is 13.6. The van der Waals surface area contributed by atoms with Crippen molar-refractivity contribution in [1.29, 1.82) is 0 Å². The molecule has 4 atom stereocenters. The number of aromatic hydroxyl groups is 1. The topological polar surface area (TPSA) is 102 Å². The van der Waals surface area contributed by atoms with Crippen LogP contribution in [-0.2, 0) is 30.6 Å². The number of nitrogens with zero attached hydrogens (tertiary/aromatic N) is 1. The van der Waals surface area contributed by atoms with Crippen LogP contribution < -0.4 is 15.8 Å². The third kappa shape index (κ3) is 6.98. The Balaban J connectivity index is 1.33. The van der Waals surface area contributed by atoms with Crippen molar-refractivity contribution >= 4 is 16.6 Å². The Morgan fingerprint density at radius 3 is 2.72 bits per heavy atom. The molecule has 0 spiro atoms. The number of fused-ring (bicyclic) bond motifs is 6. The van der Waals surface area contributed by atoms with Crippen molar-refractivity contribution in [3.05, 3.63) is 113 Å². The van der Waals surface area contributed by atoms with Crippen LogP contribution in [0.1, 0.15) is 73.3 Å². The van der Waals surface area contributed by atoms with E-state index in [-0.39, 0.29) is 23.9 Å². The Labute approximate surface area is 277 Å². The van der Waals surface area contributed by atoms with Gasteiger partial charge in [-0.15, -0.1) is 0 Å². The standard InChI is InChI=1S/C40H47N3O4/c1-2-3-5-10-33-21-37(45)29-11-14-34-28(20-29)12-15-36(44)39(34)47-25-32-19-27(17-26-8-6-4-7-9-26)18-31-22-43(23-35(31)32)40-30(24-46-33)13-16-38(41)42-40/h4,6-9,12-13,15-16,18-19,22-23,29,33,37-38,42,44-45H,2-3,5,10-11,14,17,20-21,24-25,41H2,1H3/t29-,33+,37+,38?/m1/s1. The summed E-state index contributed by atoms with van der Waals surface area (Å²) >= 11 is 0. The Morgan fingerprint density at radius 2 is 1.87 bits per heavy atom. The van der Waals surface area contributed by atoms with Crippen LogP contribution in [0.25, 0.3) is 16.6 Å². The molecule has 4 heterocycles. The fourth-order valence-electron chi connectivity index (χ4n) is 7.57. The smallest absolute Gasteiger partial charge is 0.164 e. The van der Waals surface area contributed by atoms with Gasteiger partial charge in [0.1, 0.15) is 12.4 Å². The molecule has 4 aliphatic rings. The predicted octanol–water partition coefficient (Wildman–Crippen LogP) is 6.96. The first-order chi connectivity index (χ1) is 22.9. The Bertz CT molecular complexity index is 1780. The van der Waals surface area contributed by atoms with Gasteiger partial charge in [-0.2, -0.15) is 0 Å². The molecule has 0 fully saturated rings. The first-order valence-electron chi connectivity index (χ1n) is 17.3. The SMILES string of the molecule is CCCCC[C@H]1C[C@H](O)[C@@H]2CCc3c(ccc(O)c3OCc3cc(Cc4ccccc4)cc4cn(cc34)C3=C(C=CC(N)N3)CO1)C2. The number of nitrogens with two attached hydrogens (primary N) is 1. The molecule has 5 N–H and O–H groups in total. The number of dihydropyridines is 1. The van der Waals surface area contributed by atoms with E-state index in [1.807, 2.05) is 18.2 Å². The number of benzene rings is 3. The fraction of sp³-hybridized carbons (Fsp3) is 0.400. The summed E-state index contributed by atoms with van der Waals surface area (Å²) in [4.78, 5) is 0. The van der Waals surface area contributed by atoms with Crippen LogP contribution in [0.5, 0.6) is 11.5 Å². The monoisotopic (exact) mass is 633 g/mol. The van der Waals surface area contributed by atoms with Gasteiger partial charge in [0.25, 0.3) is 0 Å². The number of ether oxygens (including phenoxy) is 2. The Hall–Kier alpha value is -4.04. The summed E-state index contributed by atoms with van der Waals surface area (Å²) < 4.78 is 15.3. The number of phenols is 1. The van der Waals surface area contributed by atoms with Gasteiger partial charge in [-0.05, 0) is 84.9 Å². The highest BCUT2D eigenvalue weighted by molar-refractivity contribution is 5.88. The van der Waals surface area contributed by atoms with Crippen LogP contribution in [0, 0.1) is 5.92 Å². The summed E-state index contributed by atoms with van der Waals surface area (Å²) in [7, 11) is 0. The van der Waals surface area contributed by atoms with Crippen molar-refractivity contribution in [3.8, 4) is 11.5 Å². The fourth-order valence-corrected chi connectivity index (χ4v) is 7.57. The van der Waals surface area contributed by atoms with Crippen LogP contribution in [0.3, 0.4) is 0 Å². The maximum Gasteiger partial charge on any atom is 0.164 e. The van der Waals surface area contributed by atoms with Crippen molar-refractivity contribution in [2.24, 2.45) is 11.7 Å². The normalized spacial score (nSPS) is 22.9. The molecule has 246 valence electrons. The highest BCUT2D eigenvalue weighted by Gasteiger charge is 2.30.